The molecule has 0 aliphatic rings. The number of ether oxygens (including phenoxy) is 1. The monoisotopic (exact) mass is 255 g/mol. The first-order valence-corrected chi connectivity index (χ1v) is 6.68. The van der Waals surface area contributed by atoms with Gasteiger partial charge >= 0.3 is 0 Å². The van der Waals surface area contributed by atoms with Crippen LogP contribution in [0, 0.1) is 13.8 Å². The predicted octanol–water partition coefficient (Wildman–Crippen LogP) is 4.71. The molecule has 2 nitrogen and oxygen atoms in total. The van der Waals surface area contributed by atoms with Gasteiger partial charge in [0, 0.05) is 12.3 Å². The summed E-state index contributed by atoms with van der Waals surface area (Å²) in [5, 5.41) is 3.24. The molecule has 18 heavy (non-hydrogen) atoms. The molecular weight excluding hydrogens is 242 g/mol. The standard InChI is InChI=1S/C15H13NOS/c1-10-5-11(2)7-13(6-10)17-15-8-12-3-4-18-14(12)9-16-15/h3-9H,1-2H3. The van der Waals surface area contributed by atoms with Crippen molar-refractivity contribution in [3.05, 3.63) is 53.0 Å². The van der Waals surface area contributed by atoms with Gasteiger partial charge < -0.3 is 4.74 Å². The Morgan fingerprint density at radius 3 is 2.61 bits per heavy atom. The van der Waals surface area contributed by atoms with E-state index in [1.54, 1.807) is 11.3 Å². The fourth-order valence-corrected chi connectivity index (χ4v) is 2.75. The summed E-state index contributed by atoms with van der Waals surface area (Å²) in [6.07, 6.45) is 1.86. The largest absolute Gasteiger partial charge is 0.439 e. The average Bonchev–Trinajstić information content (AvgIpc) is 2.74. The number of pyridine rings is 1. The molecule has 90 valence electrons. The fourth-order valence-electron chi connectivity index (χ4n) is 2.02. The summed E-state index contributed by atoms with van der Waals surface area (Å²) in [5.74, 6) is 1.49. The Morgan fingerprint density at radius 2 is 1.83 bits per heavy atom. The maximum absolute atomic E-state index is 5.81. The molecule has 3 aromatic rings. The third kappa shape index (κ3) is 2.22. The van der Waals surface area contributed by atoms with Crippen LogP contribution in [0.3, 0.4) is 0 Å². The molecule has 0 fully saturated rings. The molecule has 0 spiro atoms. The number of rotatable bonds is 2. The predicted molar refractivity (Wildman–Crippen MR) is 75.6 cm³/mol. The highest BCUT2D eigenvalue weighted by molar-refractivity contribution is 7.17. The molecule has 0 aliphatic carbocycles. The molecule has 0 radical (unpaired) electrons. The Kier molecular flexibility index (Phi) is 2.76. The van der Waals surface area contributed by atoms with Gasteiger partial charge in [0.25, 0.3) is 0 Å². The Hall–Kier alpha value is -1.87. The van der Waals surface area contributed by atoms with E-state index >= 15 is 0 Å². The van der Waals surface area contributed by atoms with Crippen molar-refractivity contribution in [2.75, 3.05) is 0 Å². The molecule has 3 heteroatoms. The molecule has 0 saturated heterocycles. The first kappa shape index (κ1) is 11.2. The molecule has 0 N–H and O–H groups in total. The van der Waals surface area contributed by atoms with Crippen LogP contribution in [0.1, 0.15) is 11.1 Å². The van der Waals surface area contributed by atoms with E-state index in [2.05, 4.69) is 36.3 Å². The second-order valence-corrected chi connectivity index (χ2v) is 5.35. The third-order valence-corrected chi connectivity index (χ3v) is 3.60. The topological polar surface area (TPSA) is 22.1 Å². The van der Waals surface area contributed by atoms with Crippen molar-refractivity contribution >= 4 is 21.4 Å². The summed E-state index contributed by atoms with van der Waals surface area (Å²) in [5.41, 5.74) is 2.39. The number of nitrogens with zero attached hydrogens (tertiary/aromatic N) is 1. The molecule has 0 aliphatic heterocycles. The Bertz CT molecular complexity index is 682. The first-order chi connectivity index (χ1) is 8.70. The summed E-state index contributed by atoms with van der Waals surface area (Å²) in [6.45, 7) is 4.13. The highest BCUT2D eigenvalue weighted by atomic mass is 32.1. The van der Waals surface area contributed by atoms with E-state index in [1.807, 2.05) is 24.4 Å². The minimum atomic E-state index is 0.644. The molecule has 0 unspecified atom stereocenters. The maximum Gasteiger partial charge on any atom is 0.219 e. The zero-order chi connectivity index (χ0) is 12.5. The van der Waals surface area contributed by atoms with Crippen LogP contribution in [0.25, 0.3) is 10.1 Å². The maximum atomic E-state index is 5.81. The van der Waals surface area contributed by atoms with Gasteiger partial charge in [-0.1, -0.05) is 6.07 Å². The number of hydrogen-bond acceptors (Lipinski definition) is 3. The van der Waals surface area contributed by atoms with Crippen molar-refractivity contribution in [1.82, 2.24) is 4.98 Å². The molecule has 2 aromatic heterocycles. The smallest absolute Gasteiger partial charge is 0.219 e. The van der Waals surface area contributed by atoms with E-state index in [9.17, 15) is 0 Å². The molecule has 3 rings (SSSR count). The number of fused-ring (bicyclic) bond motifs is 1. The Balaban J connectivity index is 1.95. The van der Waals surface area contributed by atoms with E-state index in [0.717, 1.165) is 5.75 Å². The summed E-state index contributed by atoms with van der Waals surface area (Å²) in [4.78, 5) is 4.32. The lowest BCUT2D eigenvalue weighted by atomic mass is 10.1. The highest BCUT2D eigenvalue weighted by Crippen LogP contribution is 2.27. The van der Waals surface area contributed by atoms with Crippen LogP contribution >= 0.6 is 11.3 Å². The SMILES string of the molecule is Cc1cc(C)cc(Oc2cc3ccsc3cn2)c1. The van der Waals surface area contributed by atoms with Crippen LogP contribution in [0.2, 0.25) is 0 Å². The van der Waals surface area contributed by atoms with Crippen LogP contribution < -0.4 is 4.74 Å². The first-order valence-electron chi connectivity index (χ1n) is 5.80. The number of aryl methyl sites for hydroxylation is 2. The van der Waals surface area contributed by atoms with Gasteiger partial charge in [-0.05, 0) is 53.9 Å². The van der Waals surface area contributed by atoms with Gasteiger partial charge in [0.05, 0.1) is 4.70 Å². The Labute approximate surface area is 110 Å². The van der Waals surface area contributed by atoms with Crippen molar-refractivity contribution in [2.45, 2.75) is 13.8 Å². The highest BCUT2D eigenvalue weighted by Gasteiger charge is 2.03. The van der Waals surface area contributed by atoms with Crippen molar-refractivity contribution < 1.29 is 4.74 Å². The van der Waals surface area contributed by atoms with E-state index in [1.165, 1.54) is 21.2 Å². The van der Waals surface area contributed by atoms with Gasteiger partial charge in [0.1, 0.15) is 5.75 Å². The third-order valence-electron chi connectivity index (χ3n) is 2.73. The normalized spacial score (nSPS) is 10.8. The van der Waals surface area contributed by atoms with E-state index in [-0.39, 0.29) is 0 Å². The van der Waals surface area contributed by atoms with Crippen molar-refractivity contribution in [3.63, 3.8) is 0 Å². The second kappa shape index (κ2) is 4.42. The number of aromatic nitrogens is 1. The lowest BCUT2D eigenvalue weighted by Crippen LogP contribution is -1.88. The van der Waals surface area contributed by atoms with Gasteiger partial charge in [-0.25, -0.2) is 4.98 Å². The minimum Gasteiger partial charge on any atom is -0.439 e. The van der Waals surface area contributed by atoms with Crippen molar-refractivity contribution in [1.29, 1.82) is 0 Å². The minimum absolute atomic E-state index is 0.644. The van der Waals surface area contributed by atoms with Crippen molar-refractivity contribution in [2.24, 2.45) is 0 Å². The molecule has 0 bridgehead atoms. The number of benzene rings is 1. The summed E-state index contributed by atoms with van der Waals surface area (Å²) < 4.78 is 6.99. The quantitative estimate of drug-likeness (QED) is 0.662. The van der Waals surface area contributed by atoms with E-state index in [0.29, 0.717) is 5.88 Å². The zero-order valence-electron chi connectivity index (χ0n) is 10.3. The van der Waals surface area contributed by atoms with Gasteiger partial charge in [0.2, 0.25) is 5.88 Å². The molecular formula is C15H13NOS. The number of thiophene rings is 1. The Morgan fingerprint density at radius 1 is 1.06 bits per heavy atom. The van der Waals surface area contributed by atoms with Gasteiger partial charge in [-0.3, -0.25) is 0 Å². The average molecular weight is 255 g/mol. The van der Waals surface area contributed by atoms with Gasteiger partial charge in [0.15, 0.2) is 0 Å². The molecule has 0 amide bonds. The van der Waals surface area contributed by atoms with Crippen molar-refractivity contribution in [3.8, 4) is 11.6 Å². The molecule has 2 heterocycles. The van der Waals surface area contributed by atoms with Crippen LogP contribution in [0.5, 0.6) is 11.6 Å². The molecule has 0 atom stereocenters. The van der Waals surface area contributed by atoms with Crippen LogP contribution in [-0.2, 0) is 0 Å². The molecule has 0 saturated carbocycles. The van der Waals surface area contributed by atoms with E-state index < -0.39 is 0 Å². The van der Waals surface area contributed by atoms with Crippen LogP contribution in [0.4, 0.5) is 0 Å². The fraction of sp³-hybridized carbons (Fsp3) is 0.133. The lowest BCUT2D eigenvalue weighted by molar-refractivity contribution is 0.463. The lowest BCUT2D eigenvalue weighted by Gasteiger charge is -2.06. The van der Waals surface area contributed by atoms with Crippen LogP contribution in [-0.4, -0.2) is 4.98 Å². The summed E-state index contributed by atoms with van der Waals surface area (Å²) in [6, 6.07) is 10.2. The van der Waals surface area contributed by atoms with Crippen LogP contribution in [0.15, 0.2) is 41.9 Å². The summed E-state index contributed by atoms with van der Waals surface area (Å²) in [7, 11) is 0. The van der Waals surface area contributed by atoms with Gasteiger partial charge in [-0.15, -0.1) is 11.3 Å². The molecule has 1 aromatic carbocycles. The van der Waals surface area contributed by atoms with E-state index in [4.69, 9.17) is 4.74 Å². The second-order valence-electron chi connectivity index (χ2n) is 4.41. The van der Waals surface area contributed by atoms with Gasteiger partial charge in [-0.2, -0.15) is 0 Å². The zero-order valence-corrected chi connectivity index (χ0v) is 11.1. The number of hydrogen-bond donors (Lipinski definition) is 0. The summed E-state index contributed by atoms with van der Waals surface area (Å²) >= 11 is 1.69.